The van der Waals surface area contributed by atoms with Crippen molar-refractivity contribution in [2.45, 2.75) is 12.8 Å². The van der Waals surface area contributed by atoms with E-state index in [0.29, 0.717) is 24.4 Å². The fourth-order valence-corrected chi connectivity index (χ4v) is 1.77. The molecule has 0 spiro atoms. The Kier molecular flexibility index (Phi) is 6.83. The molecule has 1 rings (SSSR count). The predicted molar refractivity (Wildman–Crippen MR) is 81.5 cm³/mol. The first-order valence-corrected chi connectivity index (χ1v) is 6.92. The Morgan fingerprint density at radius 1 is 1.24 bits per heavy atom. The highest BCUT2D eigenvalue weighted by Gasteiger charge is 2.19. The van der Waals surface area contributed by atoms with Crippen LogP contribution in [-0.2, 0) is 0 Å². The van der Waals surface area contributed by atoms with Crippen molar-refractivity contribution in [3.63, 3.8) is 0 Å². The van der Waals surface area contributed by atoms with Crippen molar-refractivity contribution in [3.8, 4) is 0 Å². The number of nitro benzene ring substituents is 2. The number of benzene rings is 1. The molecule has 0 aliphatic heterocycles. The first-order chi connectivity index (χ1) is 9.99. The van der Waals surface area contributed by atoms with Gasteiger partial charge < -0.3 is 0 Å². The number of nitrogens with one attached hydrogen (secondary N) is 1. The summed E-state index contributed by atoms with van der Waals surface area (Å²) in [5.41, 5.74) is 2.36. The van der Waals surface area contributed by atoms with E-state index in [1.807, 2.05) is 0 Å². The molecule has 0 atom stereocenters. The van der Waals surface area contributed by atoms with Crippen LogP contribution in [0.25, 0.3) is 0 Å². The standard InChI is InChI=1S/C11H12Cl2N4O4/c12-5-1-2-8(7-13)14-15-10-4-3-9(16(18)19)6-11(10)17(20)21/h3-4,6,15H,1-2,5,7H2/b14-8-. The molecular formula is C11H12Cl2N4O4. The molecule has 0 aliphatic rings. The fourth-order valence-electron chi connectivity index (χ4n) is 1.44. The van der Waals surface area contributed by atoms with E-state index < -0.39 is 15.5 Å². The Morgan fingerprint density at radius 2 is 1.95 bits per heavy atom. The van der Waals surface area contributed by atoms with Crippen LogP contribution in [0.5, 0.6) is 0 Å². The lowest BCUT2D eigenvalue weighted by molar-refractivity contribution is -0.393. The number of nitrogens with zero attached hydrogens (tertiary/aromatic N) is 3. The molecule has 0 bridgehead atoms. The maximum atomic E-state index is 10.9. The maximum absolute atomic E-state index is 10.9. The monoisotopic (exact) mass is 334 g/mol. The number of alkyl halides is 2. The van der Waals surface area contributed by atoms with Gasteiger partial charge in [0.2, 0.25) is 0 Å². The maximum Gasteiger partial charge on any atom is 0.301 e. The summed E-state index contributed by atoms with van der Waals surface area (Å²) in [6.07, 6.45) is 1.23. The third kappa shape index (κ3) is 5.16. The fraction of sp³-hybridized carbons (Fsp3) is 0.364. The summed E-state index contributed by atoms with van der Waals surface area (Å²) >= 11 is 11.3. The zero-order chi connectivity index (χ0) is 15.8. The summed E-state index contributed by atoms with van der Waals surface area (Å²) in [5, 5.41) is 25.5. The van der Waals surface area contributed by atoms with Crippen LogP contribution in [0, 0.1) is 20.2 Å². The first-order valence-electron chi connectivity index (χ1n) is 5.85. The summed E-state index contributed by atoms with van der Waals surface area (Å²) in [6.45, 7) is 0. The van der Waals surface area contributed by atoms with Gasteiger partial charge in [0.1, 0.15) is 5.69 Å². The Bertz CT molecular complexity index is 565. The second-order valence-corrected chi connectivity index (χ2v) is 4.58. The average molecular weight is 335 g/mol. The van der Waals surface area contributed by atoms with Crippen molar-refractivity contribution in [1.29, 1.82) is 0 Å². The number of rotatable bonds is 8. The van der Waals surface area contributed by atoms with E-state index in [2.05, 4.69) is 10.5 Å². The molecule has 21 heavy (non-hydrogen) atoms. The Balaban J connectivity index is 2.99. The van der Waals surface area contributed by atoms with Crippen molar-refractivity contribution in [2.24, 2.45) is 5.10 Å². The largest absolute Gasteiger partial charge is 0.301 e. The topological polar surface area (TPSA) is 111 Å². The molecule has 1 aromatic rings. The lowest BCUT2D eigenvalue weighted by atomic mass is 10.2. The number of hydrazone groups is 1. The van der Waals surface area contributed by atoms with E-state index in [1.54, 1.807) is 0 Å². The molecule has 1 N–H and O–H groups in total. The number of hydrogen-bond acceptors (Lipinski definition) is 6. The van der Waals surface area contributed by atoms with Crippen molar-refractivity contribution in [1.82, 2.24) is 0 Å². The van der Waals surface area contributed by atoms with E-state index in [4.69, 9.17) is 23.2 Å². The number of nitro groups is 2. The van der Waals surface area contributed by atoms with Crippen molar-refractivity contribution in [3.05, 3.63) is 38.4 Å². The van der Waals surface area contributed by atoms with Crippen molar-refractivity contribution in [2.75, 3.05) is 17.2 Å². The molecule has 0 heterocycles. The second-order valence-electron chi connectivity index (χ2n) is 3.93. The van der Waals surface area contributed by atoms with Crippen LogP contribution in [0.2, 0.25) is 0 Å². The van der Waals surface area contributed by atoms with Crippen molar-refractivity contribution < 1.29 is 9.85 Å². The van der Waals surface area contributed by atoms with Gasteiger partial charge in [0.25, 0.3) is 5.69 Å². The summed E-state index contributed by atoms with van der Waals surface area (Å²) in [7, 11) is 0. The normalized spacial score (nSPS) is 11.2. The highest BCUT2D eigenvalue weighted by molar-refractivity contribution is 6.28. The molecule has 1 aromatic carbocycles. The SMILES string of the molecule is O=[N+]([O-])c1ccc(N/N=C(\CCl)CCCCl)c([N+](=O)[O-])c1. The number of anilines is 1. The zero-order valence-corrected chi connectivity index (χ0v) is 12.3. The highest BCUT2D eigenvalue weighted by Crippen LogP contribution is 2.28. The number of non-ortho nitro benzene ring substituents is 1. The molecule has 0 amide bonds. The highest BCUT2D eigenvalue weighted by atomic mass is 35.5. The number of halogens is 2. The van der Waals surface area contributed by atoms with Gasteiger partial charge >= 0.3 is 5.69 Å². The summed E-state index contributed by atoms with van der Waals surface area (Å²) in [5.74, 6) is 0.609. The van der Waals surface area contributed by atoms with Crippen molar-refractivity contribution >= 4 is 46.0 Å². The summed E-state index contributed by atoms with van der Waals surface area (Å²) in [6, 6.07) is 3.26. The van der Waals surface area contributed by atoms with Crippen LogP contribution in [0.4, 0.5) is 17.1 Å². The lowest BCUT2D eigenvalue weighted by Gasteiger charge is -2.05. The van der Waals surface area contributed by atoms with E-state index in [0.717, 1.165) is 12.1 Å². The van der Waals surface area contributed by atoms with Gasteiger partial charge in [-0.25, -0.2) is 0 Å². The minimum atomic E-state index is -0.718. The van der Waals surface area contributed by atoms with Gasteiger partial charge in [-0.3, -0.25) is 25.7 Å². The van der Waals surface area contributed by atoms with Gasteiger partial charge in [0.15, 0.2) is 0 Å². The number of hydrogen-bond donors (Lipinski definition) is 1. The van der Waals surface area contributed by atoms with Gasteiger partial charge in [-0.1, -0.05) is 0 Å². The van der Waals surface area contributed by atoms with Crippen LogP contribution in [0.3, 0.4) is 0 Å². The molecule has 8 nitrogen and oxygen atoms in total. The minimum absolute atomic E-state index is 0.0547. The Labute approximate surface area is 130 Å². The predicted octanol–water partition coefficient (Wildman–Crippen LogP) is 3.53. The first kappa shape index (κ1) is 17.1. The van der Waals surface area contributed by atoms with Gasteiger partial charge in [0, 0.05) is 11.9 Å². The van der Waals surface area contributed by atoms with E-state index in [9.17, 15) is 20.2 Å². The van der Waals surface area contributed by atoms with E-state index >= 15 is 0 Å². The van der Waals surface area contributed by atoms with E-state index in [-0.39, 0.29) is 17.3 Å². The Morgan fingerprint density at radius 3 is 2.48 bits per heavy atom. The van der Waals surface area contributed by atoms with Crippen LogP contribution in [-0.4, -0.2) is 27.3 Å². The molecule has 0 unspecified atom stereocenters. The van der Waals surface area contributed by atoms with Gasteiger partial charge in [-0.05, 0) is 18.9 Å². The molecule has 10 heteroatoms. The third-order valence-electron chi connectivity index (χ3n) is 2.48. The van der Waals surface area contributed by atoms with Gasteiger partial charge in [-0.2, -0.15) is 5.10 Å². The van der Waals surface area contributed by atoms with E-state index in [1.165, 1.54) is 6.07 Å². The minimum Gasteiger partial charge on any atom is -0.272 e. The molecule has 0 saturated carbocycles. The zero-order valence-electron chi connectivity index (χ0n) is 10.8. The summed E-state index contributed by atoms with van der Waals surface area (Å²) < 4.78 is 0. The quantitative estimate of drug-likeness (QED) is 0.338. The molecule has 0 radical (unpaired) electrons. The molecular weight excluding hydrogens is 323 g/mol. The van der Waals surface area contributed by atoms with Crippen LogP contribution >= 0.6 is 23.2 Å². The molecule has 0 aromatic heterocycles. The average Bonchev–Trinajstić information content (AvgIpc) is 2.47. The summed E-state index contributed by atoms with van der Waals surface area (Å²) in [4.78, 5) is 20.1. The lowest BCUT2D eigenvalue weighted by Crippen LogP contribution is -2.06. The van der Waals surface area contributed by atoms with Crippen LogP contribution in [0.15, 0.2) is 23.3 Å². The second kappa shape index (κ2) is 8.38. The molecule has 0 aliphatic carbocycles. The third-order valence-corrected chi connectivity index (χ3v) is 3.05. The molecule has 0 saturated heterocycles. The molecule has 0 fully saturated rings. The van der Waals surface area contributed by atoms with Crippen LogP contribution in [0.1, 0.15) is 12.8 Å². The smallest absolute Gasteiger partial charge is 0.272 e. The van der Waals surface area contributed by atoms with Gasteiger partial charge in [-0.15, -0.1) is 23.2 Å². The van der Waals surface area contributed by atoms with Gasteiger partial charge in [0.05, 0.1) is 27.5 Å². The van der Waals surface area contributed by atoms with Crippen LogP contribution < -0.4 is 5.43 Å². The molecule has 114 valence electrons. The Hall–Kier alpha value is -1.93.